The second-order valence-electron chi connectivity index (χ2n) is 9.01. The monoisotopic (exact) mass is 534 g/mol. The molecule has 198 valence electrons. The molecule has 1 aliphatic rings. The quantitative estimate of drug-likeness (QED) is 0.270. The summed E-state index contributed by atoms with van der Waals surface area (Å²) in [5, 5.41) is 16.7. The molecular formula is C27H30N6O4S. The second kappa shape index (κ2) is 12.1. The predicted molar refractivity (Wildman–Crippen MR) is 143 cm³/mol. The zero-order valence-electron chi connectivity index (χ0n) is 21.4. The number of aromatic nitrogens is 5. The number of methoxy groups -OCH3 is 2. The van der Waals surface area contributed by atoms with Crippen molar-refractivity contribution in [2.45, 2.75) is 55.5 Å². The van der Waals surface area contributed by atoms with Crippen LogP contribution in [0.2, 0.25) is 0 Å². The van der Waals surface area contributed by atoms with Crippen LogP contribution < -0.4 is 14.8 Å². The van der Waals surface area contributed by atoms with E-state index in [9.17, 15) is 4.79 Å². The minimum Gasteiger partial charge on any atom is -0.497 e. The molecule has 1 fully saturated rings. The molecule has 11 heteroatoms. The number of carbonyl (C=O) groups is 1. The maximum atomic E-state index is 12.5. The van der Waals surface area contributed by atoms with E-state index in [2.05, 4.69) is 30.2 Å². The molecule has 0 bridgehead atoms. The fourth-order valence-electron chi connectivity index (χ4n) is 4.61. The van der Waals surface area contributed by atoms with Crippen LogP contribution >= 0.6 is 11.8 Å². The molecule has 2 heterocycles. The van der Waals surface area contributed by atoms with Crippen molar-refractivity contribution in [2.75, 3.05) is 19.5 Å². The van der Waals surface area contributed by atoms with Gasteiger partial charge < -0.3 is 19.3 Å². The summed E-state index contributed by atoms with van der Waals surface area (Å²) < 4.78 is 18.3. The van der Waals surface area contributed by atoms with Gasteiger partial charge in [-0.1, -0.05) is 48.3 Å². The highest BCUT2D eigenvalue weighted by molar-refractivity contribution is 7.98. The molecule has 0 radical (unpaired) electrons. The van der Waals surface area contributed by atoms with Crippen molar-refractivity contribution in [2.24, 2.45) is 0 Å². The van der Waals surface area contributed by atoms with Gasteiger partial charge in [-0.3, -0.25) is 9.36 Å². The van der Waals surface area contributed by atoms with E-state index in [1.807, 2.05) is 36.4 Å². The van der Waals surface area contributed by atoms with Crippen LogP contribution in [-0.4, -0.2) is 45.0 Å². The molecule has 0 saturated heterocycles. The minimum atomic E-state index is -0.254. The Bertz CT molecular complexity index is 1360. The molecule has 0 spiro atoms. The summed E-state index contributed by atoms with van der Waals surface area (Å²) in [6.45, 7) is 0. The van der Waals surface area contributed by atoms with Crippen LogP contribution in [0.15, 0.2) is 58.2 Å². The van der Waals surface area contributed by atoms with Gasteiger partial charge in [0, 0.05) is 11.6 Å². The Kier molecular flexibility index (Phi) is 8.22. The van der Waals surface area contributed by atoms with E-state index < -0.39 is 0 Å². The molecule has 10 nitrogen and oxygen atoms in total. The second-order valence-corrected chi connectivity index (χ2v) is 9.96. The highest BCUT2D eigenvalue weighted by Gasteiger charge is 2.24. The number of ether oxygens (including phenoxy) is 2. The summed E-state index contributed by atoms with van der Waals surface area (Å²) in [4.78, 5) is 16.9. The number of rotatable bonds is 10. The summed E-state index contributed by atoms with van der Waals surface area (Å²) in [5.41, 5.74) is 1.59. The normalized spacial score (nSPS) is 13.8. The Morgan fingerprint density at radius 2 is 1.84 bits per heavy atom. The first-order chi connectivity index (χ1) is 18.6. The van der Waals surface area contributed by atoms with Gasteiger partial charge in [-0.2, -0.15) is 4.98 Å². The summed E-state index contributed by atoms with van der Waals surface area (Å²) in [6, 6.07) is 15.5. The summed E-state index contributed by atoms with van der Waals surface area (Å²) in [5.74, 6) is 3.16. The predicted octanol–water partition coefficient (Wildman–Crippen LogP) is 5.32. The number of nitrogens with zero attached hydrogens (tertiary/aromatic N) is 5. The molecule has 2 aromatic carbocycles. The number of amides is 1. The number of nitrogens with one attached hydrogen (secondary N) is 1. The van der Waals surface area contributed by atoms with E-state index >= 15 is 0 Å². The maximum Gasteiger partial charge on any atom is 0.237 e. The Morgan fingerprint density at radius 3 is 2.61 bits per heavy atom. The molecule has 38 heavy (non-hydrogen) atoms. The summed E-state index contributed by atoms with van der Waals surface area (Å²) >= 11 is 1.51. The fraction of sp³-hybridized carbons (Fsp3) is 0.370. The van der Waals surface area contributed by atoms with Crippen molar-refractivity contribution >= 4 is 23.4 Å². The zero-order chi connectivity index (χ0) is 26.3. The largest absolute Gasteiger partial charge is 0.497 e. The van der Waals surface area contributed by atoms with E-state index in [1.165, 1.54) is 31.0 Å². The summed E-state index contributed by atoms with van der Waals surface area (Å²) in [6.07, 6.45) is 5.83. The van der Waals surface area contributed by atoms with Gasteiger partial charge in [-0.25, -0.2) is 0 Å². The van der Waals surface area contributed by atoms with Gasteiger partial charge in [0.2, 0.25) is 11.8 Å². The number of hydrogen-bond donors (Lipinski definition) is 1. The van der Waals surface area contributed by atoms with Crippen molar-refractivity contribution < 1.29 is 18.8 Å². The molecule has 0 atom stereocenters. The third kappa shape index (κ3) is 5.99. The van der Waals surface area contributed by atoms with Crippen molar-refractivity contribution in [3.8, 4) is 22.9 Å². The molecule has 1 aliphatic carbocycles. The van der Waals surface area contributed by atoms with Gasteiger partial charge in [0.15, 0.2) is 16.8 Å². The third-order valence-corrected chi connectivity index (χ3v) is 7.42. The molecule has 0 unspecified atom stereocenters. The molecule has 5 rings (SSSR count). The number of benzene rings is 2. The Labute approximate surface area is 225 Å². The number of anilines is 1. The highest BCUT2D eigenvalue weighted by Crippen LogP contribution is 2.36. The standard InChI is InChI=1S/C27H30N6O4S/c1-35-20-14-12-18(13-15-20)26-30-31-27(33(26)19-8-4-3-5-9-19)38-17-25-29-23(32-37-25)16-24(34)28-21-10-6-7-11-22(21)36-2/h6-7,10-15,19H,3-5,8-9,16-17H2,1-2H3,(H,28,34). The Morgan fingerprint density at radius 1 is 1.05 bits per heavy atom. The average molecular weight is 535 g/mol. The first-order valence-corrected chi connectivity index (χ1v) is 13.6. The van der Waals surface area contributed by atoms with E-state index in [0.717, 1.165) is 35.1 Å². The molecular weight excluding hydrogens is 504 g/mol. The van der Waals surface area contributed by atoms with E-state index in [1.54, 1.807) is 26.4 Å². The van der Waals surface area contributed by atoms with Crippen LogP contribution in [-0.2, 0) is 17.0 Å². The van der Waals surface area contributed by atoms with Crippen LogP contribution in [0, 0.1) is 0 Å². The number of para-hydroxylation sites is 2. The van der Waals surface area contributed by atoms with Crippen LogP contribution in [0.5, 0.6) is 11.5 Å². The topological polar surface area (TPSA) is 117 Å². The molecule has 1 amide bonds. The molecule has 1 N–H and O–H groups in total. The molecule has 2 aromatic heterocycles. The highest BCUT2D eigenvalue weighted by atomic mass is 32.2. The number of hydrogen-bond acceptors (Lipinski definition) is 9. The van der Waals surface area contributed by atoms with Gasteiger partial charge in [-0.15, -0.1) is 10.2 Å². The van der Waals surface area contributed by atoms with Crippen molar-refractivity contribution in [3.63, 3.8) is 0 Å². The van der Waals surface area contributed by atoms with Crippen LogP contribution in [0.1, 0.15) is 49.9 Å². The minimum absolute atomic E-state index is 0.00785. The van der Waals surface area contributed by atoms with Crippen molar-refractivity contribution in [3.05, 3.63) is 60.2 Å². The lowest BCUT2D eigenvalue weighted by molar-refractivity contribution is -0.115. The number of thioether (sulfide) groups is 1. The van der Waals surface area contributed by atoms with Crippen molar-refractivity contribution in [1.82, 2.24) is 24.9 Å². The lowest BCUT2D eigenvalue weighted by atomic mass is 9.95. The van der Waals surface area contributed by atoms with E-state index in [4.69, 9.17) is 14.0 Å². The van der Waals surface area contributed by atoms with Gasteiger partial charge in [0.1, 0.15) is 11.5 Å². The Hall–Kier alpha value is -3.86. The number of carbonyl (C=O) groups excluding carboxylic acids is 1. The first-order valence-electron chi connectivity index (χ1n) is 12.6. The van der Waals surface area contributed by atoms with Crippen LogP contribution in [0.4, 0.5) is 5.69 Å². The fourth-order valence-corrected chi connectivity index (χ4v) is 5.46. The summed E-state index contributed by atoms with van der Waals surface area (Å²) in [7, 11) is 3.22. The zero-order valence-corrected chi connectivity index (χ0v) is 22.2. The van der Waals surface area contributed by atoms with E-state index in [-0.39, 0.29) is 12.3 Å². The SMILES string of the molecule is COc1ccc(-c2nnc(SCc3nc(CC(=O)Nc4ccccc4OC)no3)n2C2CCCCC2)cc1. The third-order valence-electron chi connectivity index (χ3n) is 6.49. The lowest BCUT2D eigenvalue weighted by Gasteiger charge is -2.25. The Balaban J connectivity index is 1.27. The van der Waals surface area contributed by atoms with E-state index in [0.29, 0.717) is 34.9 Å². The molecule has 0 aliphatic heterocycles. The molecule has 1 saturated carbocycles. The van der Waals surface area contributed by atoms with Crippen molar-refractivity contribution in [1.29, 1.82) is 0 Å². The van der Waals surface area contributed by atoms with Gasteiger partial charge in [0.25, 0.3) is 0 Å². The van der Waals surface area contributed by atoms with Crippen LogP contribution in [0.25, 0.3) is 11.4 Å². The van der Waals surface area contributed by atoms with Crippen LogP contribution in [0.3, 0.4) is 0 Å². The van der Waals surface area contributed by atoms with Gasteiger partial charge in [0.05, 0.1) is 32.1 Å². The lowest BCUT2D eigenvalue weighted by Crippen LogP contribution is -2.15. The smallest absolute Gasteiger partial charge is 0.237 e. The molecule has 4 aromatic rings. The average Bonchev–Trinajstić information content (AvgIpc) is 3.59. The maximum absolute atomic E-state index is 12.5. The first kappa shape index (κ1) is 25.8. The van der Waals surface area contributed by atoms with Gasteiger partial charge >= 0.3 is 0 Å². The van der Waals surface area contributed by atoms with Gasteiger partial charge in [-0.05, 0) is 49.2 Å².